The van der Waals surface area contributed by atoms with E-state index in [-0.39, 0.29) is 0 Å². The predicted molar refractivity (Wildman–Crippen MR) is 75.6 cm³/mol. The standard InChI is InChI=1S/C13H12N4S/c14-12-10(6-7-11-13(12)17-18-16-11)15-8-9-4-2-1-3-5-9/h1-7,15H,8,14H2. The zero-order chi connectivity index (χ0) is 12.4. The van der Waals surface area contributed by atoms with Crippen molar-refractivity contribution in [3.63, 3.8) is 0 Å². The number of benzene rings is 2. The molecule has 5 heteroatoms. The van der Waals surface area contributed by atoms with E-state index in [4.69, 9.17) is 5.73 Å². The van der Waals surface area contributed by atoms with Crippen molar-refractivity contribution in [3.8, 4) is 0 Å². The van der Waals surface area contributed by atoms with Crippen LogP contribution in [0.1, 0.15) is 5.56 Å². The van der Waals surface area contributed by atoms with Crippen LogP contribution in [-0.4, -0.2) is 8.75 Å². The second-order valence-electron chi connectivity index (χ2n) is 4.00. The van der Waals surface area contributed by atoms with E-state index in [0.29, 0.717) is 5.69 Å². The Kier molecular flexibility index (Phi) is 2.82. The topological polar surface area (TPSA) is 63.8 Å². The van der Waals surface area contributed by atoms with Crippen molar-refractivity contribution >= 4 is 34.1 Å². The minimum atomic E-state index is 0.664. The molecule has 2 aromatic carbocycles. The maximum atomic E-state index is 6.07. The Morgan fingerprint density at radius 2 is 1.89 bits per heavy atom. The van der Waals surface area contributed by atoms with Gasteiger partial charge in [0.05, 0.1) is 23.1 Å². The third-order valence-corrected chi connectivity index (χ3v) is 3.34. The van der Waals surface area contributed by atoms with Gasteiger partial charge in [0.2, 0.25) is 0 Å². The molecule has 0 spiro atoms. The van der Waals surface area contributed by atoms with E-state index >= 15 is 0 Å². The van der Waals surface area contributed by atoms with Crippen LogP contribution in [0.4, 0.5) is 11.4 Å². The largest absolute Gasteiger partial charge is 0.395 e. The maximum Gasteiger partial charge on any atom is 0.129 e. The maximum absolute atomic E-state index is 6.07. The first-order chi connectivity index (χ1) is 8.84. The normalized spacial score (nSPS) is 10.7. The molecule has 3 N–H and O–H groups in total. The molecule has 1 aromatic heterocycles. The number of nitrogens with one attached hydrogen (secondary N) is 1. The molecule has 0 aliphatic carbocycles. The number of nitrogens with zero attached hydrogens (tertiary/aromatic N) is 2. The van der Waals surface area contributed by atoms with Crippen molar-refractivity contribution in [2.24, 2.45) is 0 Å². The molecule has 4 nitrogen and oxygen atoms in total. The first-order valence-electron chi connectivity index (χ1n) is 5.63. The van der Waals surface area contributed by atoms with E-state index in [0.717, 1.165) is 23.3 Å². The van der Waals surface area contributed by atoms with Gasteiger partial charge in [-0.1, -0.05) is 30.3 Å². The number of fused-ring (bicyclic) bond motifs is 1. The summed E-state index contributed by atoms with van der Waals surface area (Å²) in [6, 6.07) is 14.1. The van der Waals surface area contributed by atoms with Crippen LogP contribution in [0.15, 0.2) is 42.5 Å². The Morgan fingerprint density at radius 1 is 1.06 bits per heavy atom. The van der Waals surface area contributed by atoms with Crippen molar-refractivity contribution in [3.05, 3.63) is 48.0 Å². The van der Waals surface area contributed by atoms with Crippen molar-refractivity contribution < 1.29 is 0 Å². The summed E-state index contributed by atoms with van der Waals surface area (Å²) in [6.07, 6.45) is 0. The van der Waals surface area contributed by atoms with Gasteiger partial charge in [-0.05, 0) is 17.7 Å². The van der Waals surface area contributed by atoms with E-state index in [1.807, 2.05) is 30.3 Å². The molecule has 0 radical (unpaired) electrons. The van der Waals surface area contributed by atoms with E-state index in [1.54, 1.807) is 0 Å². The fraction of sp³-hybridized carbons (Fsp3) is 0.0769. The summed E-state index contributed by atoms with van der Waals surface area (Å²) in [4.78, 5) is 0. The molecule has 0 unspecified atom stereocenters. The smallest absolute Gasteiger partial charge is 0.129 e. The summed E-state index contributed by atoms with van der Waals surface area (Å²) in [7, 11) is 0. The Labute approximate surface area is 109 Å². The third kappa shape index (κ3) is 2.00. The molecule has 3 rings (SSSR count). The molecule has 90 valence electrons. The SMILES string of the molecule is Nc1c(NCc2ccccc2)ccc2nsnc12. The number of rotatable bonds is 3. The highest BCUT2D eigenvalue weighted by Crippen LogP contribution is 2.27. The lowest BCUT2D eigenvalue weighted by atomic mass is 10.2. The van der Waals surface area contributed by atoms with Crippen LogP contribution in [-0.2, 0) is 6.54 Å². The number of anilines is 2. The molecule has 0 aliphatic heterocycles. The molecule has 18 heavy (non-hydrogen) atoms. The molecule has 0 saturated heterocycles. The molecule has 1 heterocycles. The number of nitrogens with two attached hydrogens (primary N) is 1. The van der Waals surface area contributed by atoms with Crippen molar-refractivity contribution in [1.29, 1.82) is 0 Å². The average molecular weight is 256 g/mol. The quantitative estimate of drug-likeness (QED) is 0.707. The van der Waals surface area contributed by atoms with E-state index < -0.39 is 0 Å². The summed E-state index contributed by atoms with van der Waals surface area (Å²) in [5, 5.41) is 3.32. The molecule has 0 atom stereocenters. The summed E-state index contributed by atoms with van der Waals surface area (Å²) < 4.78 is 8.36. The first kappa shape index (κ1) is 11.0. The van der Waals surface area contributed by atoms with Crippen LogP contribution in [0, 0.1) is 0 Å². The summed E-state index contributed by atoms with van der Waals surface area (Å²) >= 11 is 1.18. The molecule has 3 aromatic rings. The van der Waals surface area contributed by atoms with Gasteiger partial charge in [-0.15, -0.1) is 0 Å². The summed E-state index contributed by atoms with van der Waals surface area (Å²) in [5.41, 5.74) is 10.5. The van der Waals surface area contributed by atoms with Gasteiger partial charge in [-0.25, -0.2) is 0 Å². The molecule has 0 aliphatic rings. The molecule has 0 amide bonds. The highest BCUT2D eigenvalue weighted by molar-refractivity contribution is 7.00. The van der Waals surface area contributed by atoms with Gasteiger partial charge >= 0.3 is 0 Å². The lowest BCUT2D eigenvalue weighted by Gasteiger charge is -2.09. The lowest BCUT2D eigenvalue weighted by molar-refractivity contribution is 1.15. The predicted octanol–water partition coefficient (Wildman–Crippen LogP) is 2.89. The fourth-order valence-corrected chi connectivity index (χ4v) is 2.37. The van der Waals surface area contributed by atoms with E-state index in [1.165, 1.54) is 17.3 Å². The van der Waals surface area contributed by atoms with Gasteiger partial charge in [0.15, 0.2) is 0 Å². The summed E-state index contributed by atoms with van der Waals surface area (Å²) in [5.74, 6) is 0. The summed E-state index contributed by atoms with van der Waals surface area (Å²) in [6.45, 7) is 0.744. The second-order valence-corrected chi connectivity index (χ2v) is 4.53. The van der Waals surface area contributed by atoms with Crippen LogP contribution >= 0.6 is 11.7 Å². The van der Waals surface area contributed by atoms with Crippen LogP contribution in [0.2, 0.25) is 0 Å². The number of aromatic nitrogens is 2. The molecule has 0 bridgehead atoms. The lowest BCUT2D eigenvalue weighted by Crippen LogP contribution is -2.02. The zero-order valence-corrected chi connectivity index (χ0v) is 10.4. The second kappa shape index (κ2) is 4.62. The highest BCUT2D eigenvalue weighted by atomic mass is 32.1. The first-order valence-corrected chi connectivity index (χ1v) is 6.36. The number of hydrogen-bond donors (Lipinski definition) is 2. The van der Waals surface area contributed by atoms with Crippen molar-refractivity contribution in [2.75, 3.05) is 11.1 Å². The molecule has 0 saturated carbocycles. The van der Waals surface area contributed by atoms with Crippen molar-refractivity contribution in [2.45, 2.75) is 6.54 Å². The Bertz CT molecular complexity index is 663. The average Bonchev–Trinajstić information content (AvgIpc) is 2.88. The van der Waals surface area contributed by atoms with Gasteiger partial charge in [-0.2, -0.15) is 8.75 Å². The van der Waals surface area contributed by atoms with Crippen LogP contribution in [0.25, 0.3) is 11.0 Å². The van der Waals surface area contributed by atoms with Crippen molar-refractivity contribution in [1.82, 2.24) is 8.75 Å². The van der Waals surface area contributed by atoms with Gasteiger partial charge in [0.1, 0.15) is 11.0 Å². The van der Waals surface area contributed by atoms with Gasteiger partial charge < -0.3 is 11.1 Å². The van der Waals surface area contributed by atoms with Gasteiger partial charge in [-0.3, -0.25) is 0 Å². The van der Waals surface area contributed by atoms with E-state index in [9.17, 15) is 0 Å². The fourth-order valence-electron chi connectivity index (χ4n) is 1.82. The molecular weight excluding hydrogens is 244 g/mol. The molecule has 0 fully saturated rings. The van der Waals surface area contributed by atoms with Gasteiger partial charge in [0, 0.05) is 6.54 Å². The molecular formula is C13H12N4S. The van der Waals surface area contributed by atoms with E-state index in [2.05, 4.69) is 26.2 Å². The van der Waals surface area contributed by atoms with Crippen LogP contribution in [0.3, 0.4) is 0 Å². The highest BCUT2D eigenvalue weighted by Gasteiger charge is 2.07. The zero-order valence-electron chi connectivity index (χ0n) is 9.63. The minimum absolute atomic E-state index is 0.664. The number of hydrogen-bond acceptors (Lipinski definition) is 5. The van der Waals surface area contributed by atoms with Crippen LogP contribution in [0.5, 0.6) is 0 Å². The monoisotopic (exact) mass is 256 g/mol. The minimum Gasteiger partial charge on any atom is -0.395 e. The van der Waals surface area contributed by atoms with Gasteiger partial charge in [0.25, 0.3) is 0 Å². The Balaban J connectivity index is 1.84. The number of nitrogen functional groups attached to an aromatic ring is 1. The Hall–Kier alpha value is -2.14. The Morgan fingerprint density at radius 3 is 2.72 bits per heavy atom. The third-order valence-electron chi connectivity index (χ3n) is 2.79. The van der Waals surface area contributed by atoms with Crippen LogP contribution < -0.4 is 11.1 Å².